The molecule has 0 radical (unpaired) electrons. The predicted molar refractivity (Wildman–Crippen MR) is 74.9 cm³/mol. The Hall–Kier alpha value is -1.56. The summed E-state index contributed by atoms with van der Waals surface area (Å²) in [5.74, 6) is -0.0302. The van der Waals surface area contributed by atoms with Crippen molar-refractivity contribution in [2.45, 2.75) is 39.7 Å². The smallest absolute Gasteiger partial charge is 0.241 e. The van der Waals surface area contributed by atoms with Crippen LogP contribution in [-0.4, -0.2) is 35.9 Å². The lowest BCUT2D eigenvalue weighted by molar-refractivity contribution is -0.121. The fourth-order valence-corrected chi connectivity index (χ4v) is 1.83. The van der Waals surface area contributed by atoms with E-state index < -0.39 is 0 Å². The third kappa shape index (κ3) is 4.90. The number of anilines is 1. The van der Waals surface area contributed by atoms with E-state index in [0.29, 0.717) is 12.2 Å². The minimum Gasteiger partial charge on any atom is -0.396 e. The molecule has 19 heavy (non-hydrogen) atoms. The van der Waals surface area contributed by atoms with E-state index in [9.17, 15) is 4.79 Å². The van der Waals surface area contributed by atoms with Crippen LogP contribution in [0, 0.1) is 13.8 Å². The van der Waals surface area contributed by atoms with Crippen molar-refractivity contribution in [3.05, 3.63) is 11.4 Å². The number of carbonyl (C=O) groups excluding carboxylic acids is 1. The SMILES string of the molecule is COCCCCCNC(=O)Cn1nc(C)c(N)c1C. The summed E-state index contributed by atoms with van der Waals surface area (Å²) in [7, 11) is 1.70. The summed E-state index contributed by atoms with van der Waals surface area (Å²) in [6.07, 6.45) is 3.05. The number of ether oxygens (including phenoxy) is 1. The first-order valence-corrected chi connectivity index (χ1v) is 6.61. The van der Waals surface area contributed by atoms with Gasteiger partial charge in [-0.05, 0) is 33.1 Å². The molecular weight excluding hydrogens is 244 g/mol. The molecule has 0 aliphatic carbocycles. The van der Waals surface area contributed by atoms with E-state index in [1.165, 1.54) is 0 Å². The number of nitrogens with zero attached hydrogens (tertiary/aromatic N) is 2. The van der Waals surface area contributed by atoms with E-state index in [2.05, 4.69) is 10.4 Å². The van der Waals surface area contributed by atoms with Crippen LogP contribution in [0.3, 0.4) is 0 Å². The highest BCUT2D eigenvalue weighted by molar-refractivity contribution is 5.75. The molecule has 6 heteroatoms. The molecule has 1 amide bonds. The molecule has 0 bridgehead atoms. The molecule has 108 valence electrons. The van der Waals surface area contributed by atoms with Crippen molar-refractivity contribution >= 4 is 11.6 Å². The Morgan fingerprint density at radius 1 is 1.37 bits per heavy atom. The highest BCUT2D eigenvalue weighted by atomic mass is 16.5. The van der Waals surface area contributed by atoms with Gasteiger partial charge in [-0.2, -0.15) is 5.10 Å². The minimum atomic E-state index is -0.0302. The molecule has 0 fully saturated rings. The molecule has 1 rings (SSSR count). The number of aromatic nitrogens is 2. The standard InChI is InChI=1S/C13H24N4O2/c1-10-13(14)11(2)17(16-10)9-12(18)15-7-5-4-6-8-19-3/h4-9,14H2,1-3H3,(H,15,18). The molecule has 0 unspecified atom stereocenters. The molecule has 3 N–H and O–H groups in total. The van der Waals surface area contributed by atoms with Gasteiger partial charge in [0.15, 0.2) is 0 Å². The molecule has 0 aliphatic rings. The first kappa shape index (κ1) is 15.5. The Morgan fingerprint density at radius 3 is 2.68 bits per heavy atom. The number of nitrogens with two attached hydrogens (primary N) is 1. The maximum Gasteiger partial charge on any atom is 0.241 e. The van der Waals surface area contributed by atoms with Gasteiger partial charge in [-0.25, -0.2) is 0 Å². The summed E-state index contributed by atoms with van der Waals surface area (Å²) in [6.45, 7) is 5.40. The second-order valence-corrected chi connectivity index (χ2v) is 4.65. The Labute approximate surface area is 114 Å². The summed E-state index contributed by atoms with van der Waals surface area (Å²) in [6, 6.07) is 0. The number of aryl methyl sites for hydroxylation is 1. The highest BCUT2D eigenvalue weighted by Gasteiger charge is 2.10. The average molecular weight is 268 g/mol. The van der Waals surface area contributed by atoms with Gasteiger partial charge < -0.3 is 15.8 Å². The Balaban J connectivity index is 2.26. The Morgan fingerprint density at radius 2 is 2.11 bits per heavy atom. The molecule has 0 atom stereocenters. The van der Waals surface area contributed by atoms with Crippen molar-refractivity contribution in [2.75, 3.05) is 26.0 Å². The third-order valence-electron chi connectivity index (χ3n) is 3.08. The number of unbranched alkanes of at least 4 members (excludes halogenated alkanes) is 2. The van der Waals surface area contributed by atoms with Crippen LogP contribution in [0.4, 0.5) is 5.69 Å². The zero-order chi connectivity index (χ0) is 14.3. The molecule has 0 saturated carbocycles. The molecule has 1 heterocycles. The second-order valence-electron chi connectivity index (χ2n) is 4.65. The third-order valence-corrected chi connectivity index (χ3v) is 3.08. The van der Waals surface area contributed by atoms with Gasteiger partial charge in [-0.1, -0.05) is 0 Å². The van der Waals surface area contributed by atoms with Crippen LogP contribution in [0.25, 0.3) is 0 Å². The zero-order valence-corrected chi connectivity index (χ0v) is 12.0. The van der Waals surface area contributed by atoms with Gasteiger partial charge in [0.1, 0.15) is 6.54 Å². The van der Waals surface area contributed by atoms with Gasteiger partial charge in [-0.15, -0.1) is 0 Å². The maximum atomic E-state index is 11.7. The lowest BCUT2D eigenvalue weighted by atomic mass is 10.2. The van der Waals surface area contributed by atoms with E-state index in [-0.39, 0.29) is 12.5 Å². The lowest BCUT2D eigenvalue weighted by Gasteiger charge is -2.06. The van der Waals surface area contributed by atoms with Crippen molar-refractivity contribution in [2.24, 2.45) is 0 Å². The molecule has 1 aromatic heterocycles. The maximum absolute atomic E-state index is 11.7. The number of hydrogen-bond donors (Lipinski definition) is 2. The number of nitrogens with one attached hydrogen (secondary N) is 1. The van der Waals surface area contributed by atoms with Crippen molar-refractivity contribution in [1.82, 2.24) is 15.1 Å². The number of hydrogen-bond acceptors (Lipinski definition) is 4. The summed E-state index contributed by atoms with van der Waals surface area (Å²) in [5.41, 5.74) is 8.09. The van der Waals surface area contributed by atoms with Crippen LogP contribution in [-0.2, 0) is 16.1 Å². The van der Waals surface area contributed by atoms with Crippen LogP contribution in [0.1, 0.15) is 30.7 Å². The summed E-state index contributed by atoms with van der Waals surface area (Å²) >= 11 is 0. The van der Waals surface area contributed by atoms with Crippen LogP contribution >= 0.6 is 0 Å². The largest absolute Gasteiger partial charge is 0.396 e. The molecule has 0 saturated heterocycles. The lowest BCUT2D eigenvalue weighted by Crippen LogP contribution is -2.29. The van der Waals surface area contributed by atoms with Crippen LogP contribution in [0.2, 0.25) is 0 Å². The number of methoxy groups -OCH3 is 1. The number of amides is 1. The van der Waals surface area contributed by atoms with E-state index in [1.54, 1.807) is 11.8 Å². The summed E-state index contributed by atoms with van der Waals surface area (Å²) in [5, 5.41) is 7.12. The molecular formula is C13H24N4O2. The highest BCUT2D eigenvalue weighted by Crippen LogP contribution is 2.14. The van der Waals surface area contributed by atoms with Gasteiger partial charge in [-0.3, -0.25) is 9.48 Å². The van der Waals surface area contributed by atoms with E-state index in [1.807, 2.05) is 13.8 Å². The fraction of sp³-hybridized carbons (Fsp3) is 0.692. The Bertz CT molecular complexity index is 415. The van der Waals surface area contributed by atoms with Gasteiger partial charge >= 0.3 is 0 Å². The first-order valence-electron chi connectivity index (χ1n) is 6.61. The van der Waals surface area contributed by atoms with Crippen LogP contribution in [0.15, 0.2) is 0 Å². The van der Waals surface area contributed by atoms with Gasteiger partial charge in [0.05, 0.1) is 17.1 Å². The van der Waals surface area contributed by atoms with Gasteiger partial charge in [0.25, 0.3) is 0 Å². The quantitative estimate of drug-likeness (QED) is 0.689. The van der Waals surface area contributed by atoms with Crippen LogP contribution in [0.5, 0.6) is 0 Å². The number of rotatable bonds is 8. The number of nitrogen functional groups attached to an aromatic ring is 1. The second kappa shape index (κ2) is 7.78. The first-order chi connectivity index (χ1) is 9.06. The van der Waals surface area contributed by atoms with Crippen molar-refractivity contribution in [3.8, 4) is 0 Å². The van der Waals surface area contributed by atoms with Crippen molar-refractivity contribution in [1.29, 1.82) is 0 Å². The monoisotopic (exact) mass is 268 g/mol. The van der Waals surface area contributed by atoms with Crippen molar-refractivity contribution < 1.29 is 9.53 Å². The zero-order valence-electron chi connectivity index (χ0n) is 12.0. The molecule has 0 aromatic carbocycles. The fourth-order valence-electron chi connectivity index (χ4n) is 1.83. The van der Waals surface area contributed by atoms with Gasteiger partial charge in [0, 0.05) is 20.3 Å². The molecule has 0 aliphatic heterocycles. The van der Waals surface area contributed by atoms with E-state index >= 15 is 0 Å². The predicted octanol–water partition coefficient (Wildman–Crippen LogP) is 1.02. The number of carbonyl (C=O) groups is 1. The van der Waals surface area contributed by atoms with Crippen molar-refractivity contribution in [3.63, 3.8) is 0 Å². The van der Waals surface area contributed by atoms with Crippen LogP contribution < -0.4 is 11.1 Å². The van der Waals surface area contributed by atoms with E-state index in [4.69, 9.17) is 10.5 Å². The average Bonchev–Trinajstić information content (AvgIpc) is 2.61. The minimum absolute atomic E-state index is 0.0302. The Kier molecular flexibility index (Phi) is 6.35. The van der Waals surface area contributed by atoms with Gasteiger partial charge in [0.2, 0.25) is 5.91 Å². The molecule has 1 aromatic rings. The summed E-state index contributed by atoms with van der Waals surface area (Å²) < 4.78 is 6.61. The normalized spacial score (nSPS) is 10.7. The molecule has 6 nitrogen and oxygen atoms in total. The molecule has 0 spiro atoms. The van der Waals surface area contributed by atoms with E-state index in [0.717, 1.165) is 37.3 Å². The summed E-state index contributed by atoms with van der Waals surface area (Å²) in [4.78, 5) is 11.7. The topological polar surface area (TPSA) is 82.2 Å².